The first-order valence-electron chi connectivity index (χ1n) is 6.42. The summed E-state index contributed by atoms with van der Waals surface area (Å²) >= 11 is 0. The van der Waals surface area contributed by atoms with Gasteiger partial charge in [0.1, 0.15) is 5.75 Å². The minimum absolute atomic E-state index is 0.274. The van der Waals surface area contributed by atoms with Crippen LogP contribution in [0.1, 0.15) is 11.6 Å². The second-order valence-electron chi connectivity index (χ2n) is 4.71. The predicted molar refractivity (Wildman–Crippen MR) is 75.7 cm³/mol. The number of methoxy groups -OCH3 is 1. The number of amides is 1. The molecule has 0 aliphatic carbocycles. The Kier molecular flexibility index (Phi) is 3.16. The van der Waals surface area contributed by atoms with E-state index in [1.54, 1.807) is 24.1 Å². The number of hydrogen-bond acceptors (Lipinski definition) is 3. The summed E-state index contributed by atoms with van der Waals surface area (Å²) in [5, 5.41) is 9.95. The average Bonchev–Trinajstić information content (AvgIpc) is 2.52. The minimum Gasteiger partial charge on any atom is -0.497 e. The molecule has 1 aliphatic rings. The van der Waals surface area contributed by atoms with Gasteiger partial charge in [-0.15, -0.1) is 0 Å². The number of rotatable bonds is 3. The van der Waals surface area contributed by atoms with Crippen molar-refractivity contribution in [3.8, 4) is 5.75 Å². The van der Waals surface area contributed by atoms with Crippen LogP contribution < -0.4 is 9.64 Å². The van der Waals surface area contributed by atoms with E-state index in [-0.39, 0.29) is 11.9 Å². The Balaban J connectivity index is 1.92. The molecule has 0 radical (unpaired) electrons. The molecule has 102 valence electrons. The van der Waals surface area contributed by atoms with Crippen LogP contribution in [0.2, 0.25) is 0 Å². The number of aliphatic hydroxyl groups is 1. The largest absolute Gasteiger partial charge is 0.497 e. The highest BCUT2D eigenvalue weighted by Gasteiger charge is 2.47. The Bertz CT molecular complexity index is 609. The summed E-state index contributed by atoms with van der Waals surface area (Å²) in [6, 6.07) is 16.5. The Hall–Kier alpha value is -2.33. The minimum atomic E-state index is -0.973. The van der Waals surface area contributed by atoms with Gasteiger partial charge in [-0.05, 0) is 29.8 Å². The molecule has 1 amide bonds. The molecule has 4 heteroatoms. The van der Waals surface area contributed by atoms with E-state index in [1.807, 2.05) is 42.5 Å². The molecular weight excluding hydrogens is 254 g/mol. The van der Waals surface area contributed by atoms with Gasteiger partial charge in [0.2, 0.25) is 0 Å². The molecular formula is C16H15NO3. The van der Waals surface area contributed by atoms with Crippen LogP contribution in [-0.2, 0) is 4.79 Å². The predicted octanol–water partition coefficient (Wildman–Crippen LogP) is 2.14. The Morgan fingerprint density at radius 2 is 1.70 bits per heavy atom. The lowest BCUT2D eigenvalue weighted by Crippen LogP contribution is -2.59. The van der Waals surface area contributed by atoms with Gasteiger partial charge in [-0.2, -0.15) is 0 Å². The molecule has 2 unspecified atom stereocenters. The van der Waals surface area contributed by atoms with E-state index < -0.39 is 6.10 Å². The van der Waals surface area contributed by atoms with Gasteiger partial charge < -0.3 is 9.84 Å². The highest BCUT2D eigenvalue weighted by atomic mass is 16.5. The number of carbonyl (C=O) groups is 1. The van der Waals surface area contributed by atoms with Gasteiger partial charge in [0.15, 0.2) is 6.10 Å². The summed E-state index contributed by atoms with van der Waals surface area (Å²) < 4.78 is 5.11. The number of ether oxygens (including phenoxy) is 1. The van der Waals surface area contributed by atoms with Gasteiger partial charge >= 0.3 is 0 Å². The maximum absolute atomic E-state index is 11.9. The Morgan fingerprint density at radius 1 is 1.05 bits per heavy atom. The number of benzene rings is 2. The molecule has 4 nitrogen and oxygen atoms in total. The highest BCUT2D eigenvalue weighted by Crippen LogP contribution is 2.39. The molecule has 0 spiro atoms. The molecule has 0 bridgehead atoms. The Morgan fingerprint density at radius 3 is 2.30 bits per heavy atom. The molecule has 2 aromatic rings. The van der Waals surface area contributed by atoms with Crippen molar-refractivity contribution in [2.45, 2.75) is 12.1 Å². The van der Waals surface area contributed by atoms with Crippen LogP contribution in [-0.4, -0.2) is 24.2 Å². The molecule has 0 aromatic heterocycles. The van der Waals surface area contributed by atoms with Crippen molar-refractivity contribution < 1.29 is 14.6 Å². The van der Waals surface area contributed by atoms with Gasteiger partial charge in [-0.25, -0.2) is 0 Å². The summed E-state index contributed by atoms with van der Waals surface area (Å²) in [7, 11) is 1.60. The third-order valence-corrected chi connectivity index (χ3v) is 3.56. The van der Waals surface area contributed by atoms with Crippen molar-refractivity contribution in [2.75, 3.05) is 12.0 Å². The lowest BCUT2D eigenvalue weighted by atomic mass is 9.90. The van der Waals surface area contributed by atoms with Crippen LogP contribution in [0.4, 0.5) is 5.69 Å². The topological polar surface area (TPSA) is 49.8 Å². The van der Waals surface area contributed by atoms with Crippen molar-refractivity contribution in [3.63, 3.8) is 0 Å². The fourth-order valence-electron chi connectivity index (χ4n) is 2.49. The van der Waals surface area contributed by atoms with Crippen molar-refractivity contribution in [1.82, 2.24) is 0 Å². The fourth-order valence-corrected chi connectivity index (χ4v) is 2.49. The molecule has 2 atom stereocenters. The average molecular weight is 269 g/mol. The van der Waals surface area contributed by atoms with Crippen LogP contribution in [0.25, 0.3) is 0 Å². The zero-order valence-corrected chi connectivity index (χ0v) is 11.1. The SMILES string of the molecule is COc1ccc(N2C(=O)C(O)C2c2ccccc2)cc1. The monoisotopic (exact) mass is 269 g/mol. The molecule has 2 aromatic carbocycles. The number of nitrogens with zero attached hydrogens (tertiary/aromatic N) is 1. The van der Waals surface area contributed by atoms with Crippen molar-refractivity contribution in [2.24, 2.45) is 0 Å². The maximum Gasteiger partial charge on any atom is 0.259 e. The number of β-lactam (4-membered cyclic amide) rings is 1. The van der Waals surface area contributed by atoms with Crippen molar-refractivity contribution in [3.05, 3.63) is 60.2 Å². The van der Waals surface area contributed by atoms with Gasteiger partial charge in [0, 0.05) is 5.69 Å². The second kappa shape index (κ2) is 4.98. The lowest BCUT2D eigenvalue weighted by molar-refractivity contribution is -0.137. The molecule has 1 saturated heterocycles. The van der Waals surface area contributed by atoms with Crippen LogP contribution in [0.3, 0.4) is 0 Å². The van der Waals surface area contributed by atoms with Crippen LogP contribution in [0, 0.1) is 0 Å². The van der Waals surface area contributed by atoms with Crippen molar-refractivity contribution >= 4 is 11.6 Å². The molecule has 1 fully saturated rings. The lowest BCUT2D eigenvalue weighted by Gasteiger charge is -2.44. The van der Waals surface area contributed by atoms with E-state index in [4.69, 9.17) is 4.74 Å². The quantitative estimate of drug-likeness (QED) is 0.869. The summed E-state index contributed by atoms with van der Waals surface area (Å²) in [5.41, 5.74) is 1.69. The third kappa shape index (κ3) is 1.94. The number of aliphatic hydroxyl groups excluding tert-OH is 1. The smallest absolute Gasteiger partial charge is 0.259 e. The standard InChI is InChI=1S/C16H15NO3/c1-20-13-9-7-12(8-10-13)17-14(15(18)16(17)19)11-5-3-2-4-6-11/h2-10,14-15,18H,1H3. The molecule has 1 N–H and O–H groups in total. The molecule has 1 heterocycles. The van der Waals surface area contributed by atoms with Gasteiger partial charge in [-0.3, -0.25) is 9.69 Å². The zero-order chi connectivity index (χ0) is 14.1. The number of anilines is 1. The molecule has 1 aliphatic heterocycles. The van der Waals surface area contributed by atoms with Crippen LogP contribution in [0.15, 0.2) is 54.6 Å². The van der Waals surface area contributed by atoms with E-state index in [0.29, 0.717) is 0 Å². The fraction of sp³-hybridized carbons (Fsp3) is 0.188. The van der Waals surface area contributed by atoms with Crippen molar-refractivity contribution in [1.29, 1.82) is 0 Å². The molecule has 3 rings (SSSR count). The van der Waals surface area contributed by atoms with Gasteiger partial charge in [0.05, 0.1) is 13.2 Å². The first kappa shape index (κ1) is 12.7. The van der Waals surface area contributed by atoms with E-state index in [2.05, 4.69) is 0 Å². The summed E-state index contributed by atoms with van der Waals surface area (Å²) in [4.78, 5) is 13.6. The summed E-state index contributed by atoms with van der Waals surface area (Å²) in [6.45, 7) is 0. The first-order valence-corrected chi connectivity index (χ1v) is 6.42. The summed E-state index contributed by atoms with van der Waals surface area (Å²) in [6.07, 6.45) is -0.973. The zero-order valence-electron chi connectivity index (χ0n) is 11.1. The van der Waals surface area contributed by atoms with E-state index in [1.165, 1.54) is 0 Å². The van der Waals surface area contributed by atoms with Crippen LogP contribution in [0.5, 0.6) is 5.75 Å². The number of carbonyl (C=O) groups excluding carboxylic acids is 1. The van der Waals surface area contributed by atoms with Gasteiger partial charge in [-0.1, -0.05) is 30.3 Å². The number of hydrogen-bond donors (Lipinski definition) is 1. The van der Waals surface area contributed by atoms with Gasteiger partial charge in [0.25, 0.3) is 5.91 Å². The third-order valence-electron chi connectivity index (χ3n) is 3.56. The molecule has 0 saturated carbocycles. The highest BCUT2D eigenvalue weighted by molar-refractivity contribution is 6.04. The van der Waals surface area contributed by atoms with Crippen LogP contribution >= 0.6 is 0 Å². The summed E-state index contributed by atoms with van der Waals surface area (Å²) in [5.74, 6) is 0.461. The van der Waals surface area contributed by atoms with E-state index in [0.717, 1.165) is 17.0 Å². The molecule has 20 heavy (non-hydrogen) atoms. The van der Waals surface area contributed by atoms with E-state index >= 15 is 0 Å². The normalized spacial score (nSPS) is 21.5. The Labute approximate surface area is 117 Å². The second-order valence-corrected chi connectivity index (χ2v) is 4.71. The maximum atomic E-state index is 11.9. The first-order chi connectivity index (χ1) is 9.72. The van der Waals surface area contributed by atoms with E-state index in [9.17, 15) is 9.90 Å².